The highest BCUT2D eigenvalue weighted by molar-refractivity contribution is 5.34. The first-order valence-corrected chi connectivity index (χ1v) is 12.2. The van der Waals surface area contributed by atoms with Gasteiger partial charge in [0.1, 0.15) is 31.5 Å². The topological polar surface area (TPSA) is 29.5 Å². The third-order valence-corrected chi connectivity index (χ3v) is 8.11. The highest BCUT2D eigenvalue weighted by Crippen LogP contribution is 2.60. The fourth-order valence-electron chi connectivity index (χ4n) is 7.33. The quantitative estimate of drug-likeness (QED) is 0.618. The van der Waals surface area contributed by atoms with Gasteiger partial charge in [0.25, 0.3) is 0 Å². The third kappa shape index (κ3) is 5.16. The summed E-state index contributed by atoms with van der Waals surface area (Å²) < 4.78 is 6.71. The molecule has 4 bridgehead atoms. The Bertz CT molecular complexity index is 845. The SMILES string of the molecule is C[N+](C)(Cc1ccccc1)CC(O)COc1ccc(C23CC4CC(CC(C4)C2)C3)cc1.[Cl-]. The van der Waals surface area contributed by atoms with Crippen molar-refractivity contribution in [3.05, 3.63) is 65.7 Å². The second-order valence-corrected chi connectivity index (χ2v) is 11.4. The van der Waals surface area contributed by atoms with E-state index in [4.69, 9.17) is 4.74 Å². The number of quaternary nitrogens is 1. The highest BCUT2D eigenvalue weighted by atomic mass is 35.5. The van der Waals surface area contributed by atoms with Gasteiger partial charge in [-0.05, 0) is 79.4 Å². The number of likely N-dealkylation sites (N-methyl/N-ethyl adjacent to an activating group) is 1. The Morgan fingerprint density at radius 1 is 0.906 bits per heavy atom. The first-order valence-electron chi connectivity index (χ1n) is 12.2. The van der Waals surface area contributed by atoms with E-state index in [0.717, 1.165) is 34.5 Å². The average molecular weight is 456 g/mol. The molecule has 4 saturated carbocycles. The van der Waals surface area contributed by atoms with Gasteiger partial charge in [-0.3, -0.25) is 0 Å². The molecule has 4 aliphatic carbocycles. The van der Waals surface area contributed by atoms with Crippen molar-refractivity contribution in [2.45, 2.75) is 56.6 Å². The van der Waals surface area contributed by atoms with Crippen molar-refractivity contribution in [2.75, 3.05) is 27.2 Å². The molecule has 0 heterocycles. The van der Waals surface area contributed by atoms with Gasteiger partial charge in [0.15, 0.2) is 0 Å². The van der Waals surface area contributed by atoms with Crippen molar-refractivity contribution in [1.82, 2.24) is 0 Å². The van der Waals surface area contributed by atoms with Gasteiger partial charge in [-0.1, -0.05) is 42.5 Å². The third-order valence-electron chi connectivity index (χ3n) is 8.11. The van der Waals surface area contributed by atoms with Crippen LogP contribution in [0.3, 0.4) is 0 Å². The second kappa shape index (κ2) is 9.37. The lowest BCUT2D eigenvalue weighted by atomic mass is 9.48. The molecule has 2 aromatic rings. The van der Waals surface area contributed by atoms with Gasteiger partial charge in [0.05, 0.1) is 14.1 Å². The molecule has 174 valence electrons. The summed E-state index contributed by atoms with van der Waals surface area (Å²) in [6.45, 7) is 1.91. The Labute approximate surface area is 199 Å². The number of rotatable bonds is 8. The van der Waals surface area contributed by atoms with Crippen LogP contribution in [0.2, 0.25) is 0 Å². The number of benzene rings is 2. The molecule has 2 aromatic carbocycles. The van der Waals surface area contributed by atoms with E-state index in [1.165, 1.54) is 49.7 Å². The van der Waals surface area contributed by atoms with E-state index in [9.17, 15) is 5.11 Å². The molecule has 0 aliphatic heterocycles. The van der Waals surface area contributed by atoms with Crippen molar-refractivity contribution in [2.24, 2.45) is 17.8 Å². The van der Waals surface area contributed by atoms with Crippen LogP contribution < -0.4 is 17.1 Å². The van der Waals surface area contributed by atoms with Crippen LogP contribution in [0.4, 0.5) is 0 Å². The number of aliphatic hydroxyl groups is 1. The molecule has 1 atom stereocenters. The van der Waals surface area contributed by atoms with E-state index in [1.807, 2.05) is 6.07 Å². The highest BCUT2D eigenvalue weighted by Gasteiger charge is 2.51. The zero-order valence-electron chi connectivity index (χ0n) is 19.6. The van der Waals surface area contributed by atoms with E-state index < -0.39 is 6.10 Å². The number of hydrogen-bond acceptors (Lipinski definition) is 2. The largest absolute Gasteiger partial charge is 1.00 e. The van der Waals surface area contributed by atoms with Crippen LogP contribution in [0, 0.1) is 17.8 Å². The lowest BCUT2D eigenvalue weighted by molar-refractivity contribution is -0.906. The van der Waals surface area contributed by atoms with Crippen LogP contribution in [0.5, 0.6) is 5.75 Å². The van der Waals surface area contributed by atoms with E-state index >= 15 is 0 Å². The van der Waals surface area contributed by atoms with Crippen molar-refractivity contribution >= 4 is 0 Å². The zero-order chi connectivity index (χ0) is 21.5. The first kappa shape index (κ1) is 23.6. The molecular formula is C28H38ClNO2. The Morgan fingerprint density at radius 2 is 1.47 bits per heavy atom. The Kier molecular flexibility index (Phi) is 6.91. The Morgan fingerprint density at radius 3 is 2.03 bits per heavy atom. The molecule has 4 aliphatic rings. The number of hydrogen-bond donors (Lipinski definition) is 1. The predicted molar refractivity (Wildman–Crippen MR) is 125 cm³/mol. The normalized spacial score (nSPS) is 29.4. The maximum absolute atomic E-state index is 10.6. The van der Waals surface area contributed by atoms with Gasteiger partial charge in [-0.25, -0.2) is 0 Å². The number of halogens is 1. The molecule has 1 N–H and O–H groups in total. The van der Waals surface area contributed by atoms with Crippen LogP contribution >= 0.6 is 0 Å². The molecule has 0 aromatic heterocycles. The number of ether oxygens (including phenoxy) is 1. The molecule has 3 nitrogen and oxygen atoms in total. The summed E-state index contributed by atoms with van der Waals surface area (Å²) in [5, 5.41) is 10.6. The van der Waals surface area contributed by atoms with Gasteiger partial charge >= 0.3 is 0 Å². The van der Waals surface area contributed by atoms with Gasteiger partial charge in [-0.15, -0.1) is 0 Å². The molecule has 0 amide bonds. The summed E-state index contributed by atoms with van der Waals surface area (Å²) in [7, 11) is 4.33. The maximum Gasteiger partial charge on any atom is 0.137 e. The summed E-state index contributed by atoms with van der Waals surface area (Å²) >= 11 is 0. The van der Waals surface area contributed by atoms with E-state index in [1.54, 1.807) is 0 Å². The monoisotopic (exact) mass is 455 g/mol. The average Bonchev–Trinajstić information content (AvgIpc) is 2.72. The minimum atomic E-state index is -0.485. The summed E-state index contributed by atoms with van der Waals surface area (Å²) in [6.07, 6.45) is 8.15. The molecule has 0 saturated heterocycles. The molecule has 4 fully saturated rings. The first-order chi connectivity index (χ1) is 14.9. The smallest absolute Gasteiger partial charge is 0.137 e. The maximum atomic E-state index is 10.6. The van der Waals surface area contributed by atoms with E-state index in [-0.39, 0.29) is 12.4 Å². The molecular weight excluding hydrogens is 418 g/mol. The molecule has 0 radical (unpaired) electrons. The summed E-state index contributed by atoms with van der Waals surface area (Å²) in [6, 6.07) is 19.4. The van der Waals surface area contributed by atoms with Crippen LogP contribution in [0.1, 0.15) is 49.7 Å². The summed E-state index contributed by atoms with van der Waals surface area (Å²) in [5.74, 6) is 3.78. The number of aliphatic hydroxyl groups excluding tert-OH is 1. The van der Waals surface area contributed by atoms with Crippen molar-refractivity contribution < 1.29 is 26.7 Å². The molecule has 32 heavy (non-hydrogen) atoms. The fraction of sp³-hybridized carbons (Fsp3) is 0.571. The van der Waals surface area contributed by atoms with Gasteiger partial charge in [0.2, 0.25) is 0 Å². The van der Waals surface area contributed by atoms with E-state index in [2.05, 4.69) is 62.6 Å². The number of nitrogens with zero attached hydrogens (tertiary/aromatic N) is 1. The Hall–Kier alpha value is -1.55. The summed E-state index contributed by atoms with van der Waals surface area (Å²) in [4.78, 5) is 0. The van der Waals surface area contributed by atoms with E-state index in [0.29, 0.717) is 18.6 Å². The minimum Gasteiger partial charge on any atom is -1.00 e. The second-order valence-electron chi connectivity index (χ2n) is 11.4. The molecule has 0 spiro atoms. The van der Waals surface area contributed by atoms with Crippen LogP contribution in [-0.4, -0.2) is 42.9 Å². The minimum absolute atomic E-state index is 0. The molecule has 4 heteroatoms. The Balaban J connectivity index is 0.00000245. The summed E-state index contributed by atoms with van der Waals surface area (Å²) in [5.41, 5.74) is 3.26. The molecule has 6 rings (SSSR count). The lowest BCUT2D eigenvalue weighted by Crippen LogP contribution is -3.00. The van der Waals surface area contributed by atoms with Gasteiger partial charge < -0.3 is 26.7 Å². The van der Waals surface area contributed by atoms with Crippen LogP contribution in [0.25, 0.3) is 0 Å². The van der Waals surface area contributed by atoms with Gasteiger partial charge in [-0.2, -0.15) is 0 Å². The fourth-order valence-corrected chi connectivity index (χ4v) is 7.33. The van der Waals surface area contributed by atoms with Gasteiger partial charge in [0, 0.05) is 5.56 Å². The standard InChI is InChI=1S/C28H38NO2.ClH/c1-29(2,18-21-6-4-3-5-7-21)19-26(30)20-31-27-10-8-25(9-11-27)28-15-22-12-23(16-28)14-24(13-22)17-28;/h3-11,22-24,26,30H,12-20H2,1-2H3;1H/q+1;/p-1. The lowest BCUT2D eigenvalue weighted by Gasteiger charge is -2.57. The predicted octanol–water partition coefficient (Wildman–Crippen LogP) is 2.17. The van der Waals surface area contributed by atoms with Crippen LogP contribution in [0.15, 0.2) is 54.6 Å². The van der Waals surface area contributed by atoms with Crippen molar-refractivity contribution in [1.29, 1.82) is 0 Å². The van der Waals surface area contributed by atoms with Crippen LogP contribution in [-0.2, 0) is 12.0 Å². The molecule has 1 unspecified atom stereocenters. The van der Waals surface area contributed by atoms with Crippen molar-refractivity contribution in [3.63, 3.8) is 0 Å². The zero-order valence-corrected chi connectivity index (χ0v) is 20.3. The van der Waals surface area contributed by atoms with Crippen molar-refractivity contribution in [3.8, 4) is 5.75 Å².